The predicted octanol–water partition coefficient (Wildman–Crippen LogP) is 11.8. The summed E-state index contributed by atoms with van der Waals surface area (Å²) in [6.07, 6.45) is 34.9. The van der Waals surface area contributed by atoms with Crippen LogP contribution in [0, 0.1) is 0 Å². The van der Waals surface area contributed by atoms with Gasteiger partial charge in [-0.2, -0.15) is 0 Å². The first kappa shape index (κ1) is 44.5. The lowest BCUT2D eigenvalue weighted by Gasteiger charge is -2.19. The zero-order valence-electron chi connectivity index (χ0n) is 29.8. The van der Waals surface area contributed by atoms with Crippen molar-refractivity contribution in [2.24, 2.45) is 0 Å². The molecule has 0 aliphatic rings. The molecule has 0 heterocycles. The molecule has 0 fully saturated rings. The Morgan fingerprint density at radius 1 is 0.533 bits per heavy atom. The highest BCUT2D eigenvalue weighted by molar-refractivity contribution is 7.49. The molecule has 270 valence electrons. The summed E-state index contributed by atoms with van der Waals surface area (Å²) in [7, 11) is -4.14. The van der Waals surface area contributed by atoms with E-state index in [4.69, 9.17) is 18.7 Å². The van der Waals surface area contributed by atoms with E-state index >= 15 is 0 Å². The molecule has 0 aromatic heterocycles. The van der Waals surface area contributed by atoms with Crippen LogP contribution >= 0.6 is 7.82 Å². The van der Waals surface area contributed by atoms with Gasteiger partial charge in [0, 0.05) is 6.42 Å². The molecule has 0 amide bonds. The van der Waals surface area contributed by atoms with Crippen LogP contribution in [0.15, 0.2) is 0 Å². The topological polar surface area (TPSA) is 102 Å². The van der Waals surface area contributed by atoms with Crippen molar-refractivity contribution in [2.75, 3.05) is 19.8 Å². The average molecular weight is 663 g/mol. The molecule has 45 heavy (non-hydrogen) atoms. The van der Waals surface area contributed by atoms with Crippen LogP contribution in [0.1, 0.15) is 206 Å². The monoisotopic (exact) mass is 663 g/mol. The van der Waals surface area contributed by atoms with Crippen molar-refractivity contribution in [2.45, 2.75) is 213 Å². The van der Waals surface area contributed by atoms with E-state index in [0.29, 0.717) is 12.8 Å². The lowest BCUT2D eigenvalue weighted by Crippen LogP contribution is -2.20. The normalized spacial score (nSPS) is 13.6. The van der Waals surface area contributed by atoms with Gasteiger partial charge in [-0.05, 0) is 12.8 Å². The summed E-state index contributed by atoms with van der Waals surface area (Å²) in [4.78, 5) is 12.4. The van der Waals surface area contributed by atoms with E-state index in [1.165, 1.54) is 148 Å². The van der Waals surface area contributed by atoms with Gasteiger partial charge in [-0.25, -0.2) is 4.57 Å². The van der Waals surface area contributed by atoms with Crippen LogP contribution in [0.25, 0.3) is 0 Å². The maximum atomic E-state index is 13.1. The number of hydrogen-bond donors (Lipinski definition) is 2. The zero-order chi connectivity index (χ0) is 33.1. The fourth-order valence-corrected chi connectivity index (χ4v) is 6.83. The lowest BCUT2D eigenvalue weighted by molar-refractivity contribution is -0.136. The third-order valence-corrected chi connectivity index (χ3v) is 9.97. The zero-order valence-corrected chi connectivity index (χ0v) is 30.7. The van der Waals surface area contributed by atoms with Crippen molar-refractivity contribution >= 4 is 13.8 Å². The van der Waals surface area contributed by atoms with Crippen LogP contribution in [0.2, 0.25) is 0 Å². The highest BCUT2D eigenvalue weighted by Crippen LogP contribution is 2.50. The van der Waals surface area contributed by atoms with E-state index in [9.17, 15) is 14.5 Å². The summed E-state index contributed by atoms with van der Waals surface area (Å²) in [5.74, 6) is -0.604. The third-order valence-electron chi connectivity index (χ3n) is 8.58. The fraction of sp³-hybridized carbons (Fsp3) is 0.973. The van der Waals surface area contributed by atoms with E-state index in [1.54, 1.807) is 0 Å². The highest BCUT2D eigenvalue weighted by atomic mass is 31.2. The second kappa shape index (κ2) is 34.9. The number of aliphatic hydroxyl groups excluding tert-OH is 2. The van der Waals surface area contributed by atoms with Gasteiger partial charge in [0.05, 0.1) is 19.8 Å². The Hall–Kier alpha value is -0.460. The maximum Gasteiger partial charge on any atom is 0.532 e. The van der Waals surface area contributed by atoms with Gasteiger partial charge in [0.2, 0.25) is 0 Å². The molecule has 8 heteroatoms. The lowest BCUT2D eigenvalue weighted by atomic mass is 10.0. The van der Waals surface area contributed by atoms with Gasteiger partial charge in [0.15, 0.2) is 0 Å². The molecule has 0 aliphatic carbocycles. The number of unbranched alkanes of at least 4 members (excludes halogenated alkanes) is 27. The van der Waals surface area contributed by atoms with Gasteiger partial charge >= 0.3 is 13.8 Å². The summed E-state index contributed by atoms with van der Waals surface area (Å²) in [6, 6.07) is 0. The van der Waals surface area contributed by atoms with Crippen molar-refractivity contribution in [3.05, 3.63) is 0 Å². The number of rotatable bonds is 37. The number of phosphoric acid groups is 1. The fourth-order valence-electron chi connectivity index (χ4n) is 5.60. The molecule has 0 rings (SSSR count). The molecule has 0 bridgehead atoms. The maximum absolute atomic E-state index is 13.1. The third kappa shape index (κ3) is 33.2. The Kier molecular flexibility index (Phi) is 34.5. The Bertz CT molecular complexity index is 661. The van der Waals surface area contributed by atoms with Crippen LogP contribution in [0.4, 0.5) is 0 Å². The molecule has 0 aliphatic heterocycles. The molecule has 2 atom stereocenters. The van der Waals surface area contributed by atoms with Crippen LogP contribution < -0.4 is 0 Å². The van der Waals surface area contributed by atoms with Crippen LogP contribution in [-0.2, 0) is 22.9 Å². The van der Waals surface area contributed by atoms with Gasteiger partial charge in [0.1, 0.15) is 6.10 Å². The van der Waals surface area contributed by atoms with E-state index in [-0.39, 0.29) is 13.0 Å². The second-order valence-electron chi connectivity index (χ2n) is 13.2. The molecule has 0 saturated heterocycles. The Balaban J connectivity index is 3.92. The quantitative estimate of drug-likeness (QED) is 0.0504. The van der Waals surface area contributed by atoms with Crippen LogP contribution in [0.5, 0.6) is 0 Å². The summed E-state index contributed by atoms with van der Waals surface area (Å²) in [5.41, 5.74) is 0. The van der Waals surface area contributed by atoms with Gasteiger partial charge in [-0.15, -0.1) is 0 Å². The van der Waals surface area contributed by atoms with Gasteiger partial charge in [-0.1, -0.05) is 187 Å². The number of carbonyl (C=O) groups is 1. The first-order valence-electron chi connectivity index (χ1n) is 19.4. The molecule has 0 saturated carbocycles. The average Bonchev–Trinajstić information content (AvgIpc) is 3.03. The number of hydrogen-bond acceptors (Lipinski definition) is 7. The number of carbonyl (C=O) groups excluding carboxylic acids is 1. The molecule has 0 aromatic rings. The van der Waals surface area contributed by atoms with Crippen LogP contribution in [-0.4, -0.2) is 42.1 Å². The largest absolute Gasteiger partial charge is 0.532 e. The van der Waals surface area contributed by atoms with Crippen molar-refractivity contribution in [1.29, 1.82) is 0 Å². The van der Waals surface area contributed by atoms with E-state index in [1.807, 2.05) is 0 Å². The van der Waals surface area contributed by atoms with E-state index < -0.39 is 33.1 Å². The number of aliphatic hydroxyl groups is 2. The smallest absolute Gasteiger partial charge is 0.394 e. The molecule has 2 N–H and O–H groups in total. The Morgan fingerprint density at radius 2 is 0.867 bits per heavy atom. The van der Waals surface area contributed by atoms with Crippen molar-refractivity contribution in [3.8, 4) is 0 Å². The summed E-state index contributed by atoms with van der Waals surface area (Å²) < 4.78 is 28.8. The molecular formula is C37H75O7P. The molecule has 0 aromatic carbocycles. The molecular weight excluding hydrogens is 587 g/mol. The van der Waals surface area contributed by atoms with Crippen molar-refractivity contribution in [1.82, 2.24) is 0 Å². The summed E-state index contributed by atoms with van der Waals surface area (Å²) in [5, 5.41) is 18.7. The van der Waals surface area contributed by atoms with Gasteiger partial charge in [0.25, 0.3) is 0 Å². The molecule has 0 radical (unpaired) electrons. The van der Waals surface area contributed by atoms with Gasteiger partial charge < -0.3 is 14.7 Å². The number of phosphoric ester groups is 1. The predicted molar refractivity (Wildman–Crippen MR) is 189 cm³/mol. The first-order valence-corrected chi connectivity index (χ1v) is 20.8. The minimum atomic E-state index is -4.14. The standard InChI is InChI=1S/C37H75O7P/c1-3-5-7-9-11-13-15-17-19-20-22-24-26-28-30-32-37(40)44-45(41,43-35-36(39)34-38)42-33-31-29-27-25-23-21-18-16-14-12-10-8-6-4-2/h36,38-39H,3-35H2,1-2H3. The molecule has 7 nitrogen and oxygen atoms in total. The molecule has 2 unspecified atom stereocenters. The summed E-state index contributed by atoms with van der Waals surface area (Å²) in [6.45, 7) is 3.73. The summed E-state index contributed by atoms with van der Waals surface area (Å²) >= 11 is 0. The van der Waals surface area contributed by atoms with Crippen molar-refractivity contribution in [3.63, 3.8) is 0 Å². The SMILES string of the molecule is CCCCCCCCCCCCCCCCCC(=O)OP(=O)(OCCCCCCCCCCCCCCCC)OCC(O)CO. The van der Waals surface area contributed by atoms with Crippen LogP contribution in [0.3, 0.4) is 0 Å². The Labute approximate surface area is 279 Å². The minimum absolute atomic E-state index is 0.163. The Morgan fingerprint density at radius 3 is 1.22 bits per heavy atom. The second-order valence-corrected chi connectivity index (χ2v) is 14.8. The van der Waals surface area contributed by atoms with E-state index in [2.05, 4.69) is 13.8 Å². The molecule has 0 spiro atoms. The highest BCUT2D eigenvalue weighted by Gasteiger charge is 2.31. The van der Waals surface area contributed by atoms with E-state index in [0.717, 1.165) is 25.7 Å². The first-order chi connectivity index (χ1) is 22.0. The van der Waals surface area contributed by atoms with Crippen molar-refractivity contribution < 1.29 is 33.1 Å². The minimum Gasteiger partial charge on any atom is -0.394 e. The van der Waals surface area contributed by atoms with Gasteiger partial charge in [-0.3, -0.25) is 13.8 Å².